The molecule has 77 heavy (non-hydrogen) atoms. The van der Waals surface area contributed by atoms with E-state index in [0.717, 1.165) is 57.8 Å². The Balaban J connectivity index is 4.33. The van der Waals surface area contributed by atoms with Crippen LogP contribution >= 0.6 is 0 Å². The lowest BCUT2D eigenvalue weighted by molar-refractivity contribution is -0.167. The van der Waals surface area contributed by atoms with Gasteiger partial charge in [-0.15, -0.1) is 0 Å². The van der Waals surface area contributed by atoms with Crippen LogP contribution in [0.15, 0.2) is 36.5 Å². The minimum absolute atomic E-state index is 0.0702. The van der Waals surface area contributed by atoms with E-state index in [9.17, 15) is 14.4 Å². The van der Waals surface area contributed by atoms with E-state index in [1.807, 2.05) is 0 Å². The van der Waals surface area contributed by atoms with Crippen molar-refractivity contribution < 1.29 is 28.6 Å². The molecule has 0 fully saturated rings. The SMILES string of the molecule is CCCCCCCC/C=C\CCCCCCCCCCCCCC(=O)OC[C@H](COC(=O)CCCCCCCCCCC/C=C\CCCCCCCC)OC(=O)CCCCCCCCCCC/C=C\CCCCCCCC. The maximum absolute atomic E-state index is 12.9. The second kappa shape index (κ2) is 66.1. The van der Waals surface area contributed by atoms with E-state index >= 15 is 0 Å². The first-order valence-corrected chi connectivity index (χ1v) is 34.5. The topological polar surface area (TPSA) is 78.9 Å². The number of allylic oxidation sites excluding steroid dienone is 6. The fourth-order valence-electron chi connectivity index (χ4n) is 10.4. The Kier molecular flexibility index (Phi) is 64.1. The zero-order valence-electron chi connectivity index (χ0n) is 52.0. The Morgan fingerprint density at radius 2 is 0.429 bits per heavy atom. The lowest BCUT2D eigenvalue weighted by Gasteiger charge is -2.18. The molecule has 0 aliphatic heterocycles. The molecule has 6 nitrogen and oxygen atoms in total. The molecule has 0 unspecified atom stereocenters. The van der Waals surface area contributed by atoms with Gasteiger partial charge >= 0.3 is 17.9 Å². The van der Waals surface area contributed by atoms with Crippen LogP contribution in [0.5, 0.6) is 0 Å². The molecule has 0 aliphatic rings. The van der Waals surface area contributed by atoms with E-state index in [1.165, 1.54) is 283 Å². The summed E-state index contributed by atoms with van der Waals surface area (Å²) in [6.45, 7) is 6.70. The predicted octanol–water partition coefficient (Wildman–Crippen LogP) is 23.6. The molecule has 0 radical (unpaired) electrons. The Hall–Kier alpha value is -2.37. The van der Waals surface area contributed by atoms with Gasteiger partial charge < -0.3 is 14.2 Å². The van der Waals surface area contributed by atoms with Crippen LogP contribution in [-0.4, -0.2) is 37.2 Å². The molecule has 0 rings (SSSR count). The van der Waals surface area contributed by atoms with Gasteiger partial charge in [-0.3, -0.25) is 14.4 Å². The minimum Gasteiger partial charge on any atom is -0.462 e. The highest BCUT2D eigenvalue weighted by Crippen LogP contribution is 2.18. The Bertz CT molecular complexity index is 1290. The standard InChI is InChI=1S/C71H132O6/c1-4-7-10-13-16-19-22-25-28-31-34-35-38-40-43-46-49-52-55-58-61-64-70(73)76-67-68(77-71(74)65-62-59-56-53-50-47-44-41-37-33-30-27-24-21-18-15-12-9-6-3)66-75-69(72)63-60-57-54-51-48-45-42-39-36-32-29-26-23-20-17-14-11-8-5-2/h25-30,68H,4-24,31-67H2,1-3H3/b28-25-,29-26-,30-27-/t68-/m0/s1. The first-order valence-electron chi connectivity index (χ1n) is 34.5. The maximum Gasteiger partial charge on any atom is 0.306 e. The molecule has 0 aromatic rings. The third kappa shape index (κ3) is 64.3. The quantitative estimate of drug-likeness (QED) is 0.0261. The molecule has 0 heterocycles. The summed E-state index contributed by atoms with van der Waals surface area (Å²) in [6.07, 6.45) is 81.5. The molecule has 0 bridgehead atoms. The Morgan fingerprint density at radius 3 is 0.649 bits per heavy atom. The number of ether oxygens (including phenoxy) is 3. The fraction of sp³-hybridized carbons (Fsp3) is 0.873. The summed E-state index contributed by atoms with van der Waals surface area (Å²) in [7, 11) is 0. The Morgan fingerprint density at radius 1 is 0.247 bits per heavy atom. The molecular weight excluding hydrogens is 949 g/mol. The fourth-order valence-corrected chi connectivity index (χ4v) is 10.4. The van der Waals surface area contributed by atoms with Crippen LogP contribution in [0.25, 0.3) is 0 Å². The van der Waals surface area contributed by atoms with Crippen molar-refractivity contribution in [1.29, 1.82) is 0 Å². The van der Waals surface area contributed by atoms with E-state index in [4.69, 9.17) is 14.2 Å². The van der Waals surface area contributed by atoms with E-state index in [0.29, 0.717) is 19.3 Å². The number of rotatable bonds is 64. The van der Waals surface area contributed by atoms with Gasteiger partial charge in [0.2, 0.25) is 0 Å². The van der Waals surface area contributed by atoms with Crippen LogP contribution in [0.2, 0.25) is 0 Å². The van der Waals surface area contributed by atoms with Gasteiger partial charge in [-0.25, -0.2) is 0 Å². The number of hydrogen-bond donors (Lipinski definition) is 0. The van der Waals surface area contributed by atoms with E-state index in [1.54, 1.807) is 0 Å². The van der Waals surface area contributed by atoms with Crippen molar-refractivity contribution in [2.75, 3.05) is 13.2 Å². The van der Waals surface area contributed by atoms with Crippen molar-refractivity contribution in [2.24, 2.45) is 0 Å². The van der Waals surface area contributed by atoms with Gasteiger partial charge in [-0.1, -0.05) is 301 Å². The first-order chi connectivity index (χ1) is 38.0. The summed E-state index contributed by atoms with van der Waals surface area (Å²) in [4.78, 5) is 38.4. The Labute approximate surface area is 480 Å². The zero-order valence-corrected chi connectivity index (χ0v) is 52.0. The summed E-state index contributed by atoms with van der Waals surface area (Å²) in [5.74, 6) is -0.848. The highest BCUT2D eigenvalue weighted by Gasteiger charge is 2.19. The van der Waals surface area contributed by atoms with Gasteiger partial charge in [-0.05, 0) is 96.3 Å². The van der Waals surface area contributed by atoms with Crippen LogP contribution in [-0.2, 0) is 28.6 Å². The van der Waals surface area contributed by atoms with E-state index < -0.39 is 6.10 Å². The molecule has 0 aliphatic carbocycles. The lowest BCUT2D eigenvalue weighted by atomic mass is 10.0. The largest absolute Gasteiger partial charge is 0.462 e. The van der Waals surface area contributed by atoms with Gasteiger partial charge in [0.05, 0.1) is 0 Å². The first kappa shape index (κ1) is 74.6. The van der Waals surface area contributed by atoms with Crippen LogP contribution in [0, 0.1) is 0 Å². The average Bonchev–Trinajstić information content (AvgIpc) is 3.43. The molecule has 0 aromatic heterocycles. The molecule has 0 spiro atoms. The monoisotopic (exact) mass is 1080 g/mol. The third-order valence-corrected chi connectivity index (χ3v) is 15.6. The van der Waals surface area contributed by atoms with Crippen molar-refractivity contribution in [3.8, 4) is 0 Å². The molecule has 0 saturated heterocycles. The minimum atomic E-state index is -0.774. The second-order valence-corrected chi connectivity index (χ2v) is 23.4. The number of carbonyl (C=O) groups is 3. The van der Waals surface area contributed by atoms with E-state index in [2.05, 4.69) is 57.2 Å². The predicted molar refractivity (Wildman–Crippen MR) is 335 cm³/mol. The van der Waals surface area contributed by atoms with Crippen LogP contribution in [0.4, 0.5) is 0 Å². The molecule has 452 valence electrons. The van der Waals surface area contributed by atoms with Crippen molar-refractivity contribution in [3.63, 3.8) is 0 Å². The number of unbranched alkanes of at least 4 members (excludes halogenated alkanes) is 47. The van der Waals surface area contributed by atoms with Crippen LogP contribution < -0.4 is 0 Å². The smallest absolute Gasteiger partial charge is 0.306 e. The zero-order chi connectivity index (χ0) is 55.7. The summed E-state index contributed by atoms with van der Waals surface area (Å²) < 4.78 is 17.0. The molecule has 1 atom stereocenters. The van der Waals surface area contributed by atoms with Gasteiger partial charge in [0, 0.05) is 19.3 Å². The van der Waals surface area contributed by atoms with Crippen molar-refractivity contribution in [3.05, 3.63) is 36.5 Å². The summed E-state index contributed by atoms with van der Waals surface area (Å²) in [6, 6.07) is 0. The van der Waals surface area contributed by atoms with Crippen molar-refractivity contribution in [2.45, 2.75) is 386 Å². The number of carbonyl (C=O) groups excluding carboxylic acids is 3. The number of hydrogen-bond acceptors (Lipinski definition) is 6. The molecule has 0 saturated carbocycles. The summed E-state index contributed by atoms with van der Waals surface area (Å²) in [5, 5.41) is 0. The van der Waals surface area contributed by atoms with Crippen LogP contribution in [0.3, 0.4) is 0 Å². The molecule has 0 aromatic carbocycles. The third-order valence-electron chi connectivity index (χ3n) is 15.6. The molecular formula is C71H132O6. The average molecular weight is 1080 g/mol. The lowest BCUT2D eigenvalue weighted by Crippen LogP contribution is -2.30. The molecule has 0 amide bonds. The highest BCUT2D eigenvalue weighted by atomic mass is 16.6. The summed E-state index contributed by atoms with van der Waals surface area (Å²) in [5.41, 5.74) is 0. The van der Waals surface area contributed by atoms with Crippen molar-refractivity contribution >= 4 is 17.9 Å². The second-order valence-electron chi connectivity index (χ2n) is 23.4. The maximum atomic E-state index is 12.9. The van der Waals surface area contributed by atoms with Gasteiger partial charge in [0.25, 0.3) is 0 Å². The van der Waals surface area contributed by atoms with Gasteiger partial charge in [0.15, 0.2) is 6.10 Å². The molecule has 0 N–H and O–H groups in total. The van der Waals surface area contributed by atoms with Crippen LogP contribution in [0.1, 0.15) is 380 Å². The van der Waals surface area contributed by atoms with Crippen molar-refractivity contribution in [1.82, 2.24) is 0 Å². The molecule has 6 heteroatoms. The summed E-state index contributed by atoms with van der Waals surface area (Å²) >= 11 is 0. The van der Waals surface area contributed by atoms with E-state index in [-0.39, 0.29) is 31.1 Å². The highest BCUT2D eigenvalue weighted by molar-refractivity contribution is 5.71. The van der Waals surface area contributed by atoms with Gasteiger partial charge in [0.1, 0.15) is 13.2 Å². The normalized spacial score (nSPS) is 12.2. The van der Waals surface area contributed by atoms with Gasteiger partial charge in [-0.2, -0.15) is 0 Å². The number of esters is 3.